The first kappa shape index (κ1) is 37.9. The molecule has 3 heteroatoms. The highest BCUT2D eigenvalue weighted by atomic mass is 15.3. The van der Waals surface area contributed by atoms with Gasteiger partial charge in [0.25, 0.3) is 0 Å². The zero-order chi connectivity index (χ0) is 43.2. The summed E-state index contributed by atoms with van der Waals surface area (Å²) in [4.78, 5) is 7.37. The predicted molar refractivity (Wildman–Crippen MR) is 274 cm³/mol. The normalized spacial score (nSPS) is 18.9. The minimum Gasteiger partial charge on any atom is -0.314 e. The molecule has 0 saturated heterocycles. The number of fused-ring (bicyclic) bond motifs is 9. The topological polar surface area (TPSA) is 9.72 Å². The molecular weight excluding hydrogens is 787 g/mol. The molecule has 3 aliphatic carbocycles. The lowest BCUT2D eigenvalue weighted by Crippen LogP contribution is -2.32. The smallest absolute Gasteiger partial charge is 0.0703 e. The van der Waals surface area contributed by atoms with Gasteiger partial charge >= 0.3 is 0 Å². The van der Waals surface area contributed by atoms with E-state index in [9.17, 15) is 0 Å². The van der Waals surface area contributed by atoms with Crippen molar-refractivity contribution >= 4 is 73.5 Å². The number of para-hydroxylation sites is 6. The third-order valence-electron chi connectivity index (χ3n) is 14.9. The average molecular weight is 836 g/mol. The minimum atomic E-state index is -0.00794. The zero-order valence-electron chi connectivity index (χ0n) is 36.8. The molecule has 0 spiro atoms. The summed E-state index contributed by atoms with van der Waals surface area (Å²) in [6.07, 6.45) is 20.0. The average Bonchev–Trinajstić information content (AvgIpc) is 3.58. The Labute approximate surface area is 381 Å². The van der Waals surface area contributed by atoms with Gasteiger partial charge in [-0.3, -0.25) is 0 Å². The lowest BCUT2D eigenvalue weighted by Gasteiger charge is -2.40. The summed E-state index contributed by atoms with van der Waals surface area (Å²) >= 11 is 0. The quantitative estimate of drug-likeness (QED) is 0.126. The molecule has 65 heavy (non-hydrogen) atoms. The van der Waals surface area contributed by atoms with Crippen LogP contribution in [0.3, 0.4) is 0 Å². The van der Waals surface area contributed by atoms with Gasteiger partial charge in [0.05, 0.1) is 22.7 Å². The first-order valence-electron chi connectivity index (χ1n) is 23.3. The van der Waals surface area contributed by atoms with Crippen molar-refractivity contribution in [1.82, 2.24) is 0 Å². The van der Waals surface area contributed by atoms with E-state index in [0.29, 0.717) is 11.8 Å². The summed E-state index contributed by atoms with van der Waals surface area (Å²) in [5, 5.41) is 5.00. The van der Waals surface area contributed by atoms with Crippen molar-refractivity contribution in [1.29, 1.82) is 0 Å². The molecule has 3 nitrogen and oxygen atoms in total. The fourth-order valence-corrected chi connectivity index (χ4v) is 11.7. The Morgan fingerprint density at radius 2 is 1.15 bits per heavy atom. The molecule has 2 unspecified atom stereocenters. The number of hydrogen-bond acceptors (Lipinski definition) is 3. The minimum absolute atomic E-state index is 0.00794. The predicted octanol–water partition coefficient (Wildman–Crippen LogP) is 16.5. The van der Waals surface area contributed by atoms with Gasteiger partial charge in [0.2, 0.25) is 0 Å². The number of rotatable bonds is 5. The van der Waals surface area contributed by atoms with Gasteiger partial charge in [-0.2, -0.15) is 0 Å². The van der Waals surface area contributed by atoms with Gasteiger partial charge in [0.15, 0.2) is 0 Å². The second kappa shape index (κ2) is 14.7. The first-order chi connectivity index (χ1) is 32.0. The lowest BCUT2D eigenvalue weighted by molar-refractivity contribution is 0.392. The summed E-state index contributed by atoms with van der Waals surface area (Å²) in [6.45, 7) is 4.91. The van der Waals surface area contributed by atoms with Crippen LogP contribution < -0.4 is 14.7 Å². The largest absolute Gasteiger partial charge is 0.314 e. The molecule has 312 valence electrons. The molecular formula is C62H49N3. The van der Waals surface area contributed by atoms with Crippen LogP contribution in [0.15, 0.2) is 217 Å². The Kier molecular flexibility index (Phi) is 8.58. The van der Waals surface area contributed by atoms with Gasteiger partial charge in [-0.05, 0) is 146 Å². The van der Waals surface area contributed by atoms with E-state index in [1.54, 1.807) is 0 Å². The van der Waals surface area contributed by atoms with Crippen LogP contribution in [0.1, 0.15) is 60.4 Å². The molecule has 0 fully saturated rings. The number of allylic oxidation sites excluding steroid dienone is 7. The Hall–Kier alpha value is -7.62. The SMILES string of the molecule is CC1(C)c2cc(/C=C/c3ccc4c(ccc5cc(N6c7ccccc7N(c7ccccc7)c7ccccc76)ccc54)c3)ccc2C2C=CC(N3C4=C(C=CCC4)Cc4ccccc43)=CC21. The molecule has 2 atom stereocenters. The second-order valence-electron chi connectivity index (χ2n) is 18.9. The molecule has 5 aliphatic rings. The summed E-state index contributed by atoms with van der Waals surface area (Å²) in [6, 6.07) is 62.7. The number of benzene rings is 8. The van der Waals surface area contributed by atoms with Crippen molar-refractivity contribution in [3.63, 3.8) is 0 Å². The van der Waals surface area contributed by atoms with Crippen LogP contribution in [0.2, 0.25) is 0 Å². The van der Waals surface area contributed by atoms with Crippen LogP contribution in [-0.2, 0) is 11.8 Å². The summed E-state index contributed by atoms with van der Waals surface area (Å²) in [5.41, 5.74) is 19.3. The van der Waals surface area contributed by atoms with Gasteiger partial charge in [-0.1, -0.05) is 159 Å². The fourth-order valence-electron chi connectivity index (χ4n) is 11.7. The Bertz CT molecular complexity index is 3370. The Morgan fingerprint density at radius 1 is 0.538 bits per heavy atom. The van der Waals surface area contributed by atoms with Gasteiger partial charge in [-0.15, -0.1) is 0 Å². The maximum absolute atomic E-state index is 2.59. The van der Waals surface area contributed by atoms with Crippen molar-refractivity contribution in [3.05, 3.63) is 245 Å². The van der Waals surface area contributed by atoms with E-state index in [-0.39, 0.29) is 5.41 Å². The molecule has 2 aliphatic heterocycles. The number of nitrogens with zero attached hydrogens (tertiary/aromatic N) is 3. The molecule has 0 radical (unpaired) electrons. The van der Waals surface area contributed by atoms with Crippen molar-refractivity contribution in [3.8, 4) is 0 Å². The van der Waals surface area contributed by atoms with Crippen molar-refractivity contribution in [2.24, 2.45) is 5.92 Å². The van der Waals surface area contributed by atoms with E-state index in [1.165, 1.54) is 72.0 Å². The van der Waals surface area contributed by atoms with Gasteiger partial charge in [-0.25, -0.2) is 0 Å². The summed E-state index contributed by atoms with van der Waals surface area (Å²) in [7, 11) is 0. The van der Waals surface area contributed by atoms with E-state index >= 15 is 0 Å². The summed E-state index contributed by atoms with van der Waals surface area (Å²) < 4.78 is 0. The van der Waals surface area contributed by atoms with Crippen LogP contribution in [0.25, 0.3) is 33.7 Å². The molecule has 13 rings (SSSR count). The van der Waals surface area contributed by atoms with Crippen molar-refractivity contribution in [2.45, 2.75) is 44.4 Å². The number of hydrogen-bond donors (Lipinski definition) is 0. The highest BCUT2D eigenvalue weighted by molar-refractivity contribution is 6.10. The van der Waals surface area contributed by atoms with Crippen molar-refractivity contribution < 1.29 is 0 Å². The van der Waals surface area contributed by atoms with Crippen LogP contribution in [0.5, 0.6) is 0 Å². The van der Waals surface area contributed by atoms with Crippen LogP contribution >= 0.6 is 0 Å². The maximum atomic E-state index is 2.59. The molecule has 8 aromatic carbocycles. The monoisotopic (exact) mass is 835 g/mol. The van der Waals surface area contributed by atoms with Gasteiger partial charge < -0.3 is 14.7 Å². The van der Waals surface area contributed by atoms with E-state index in [1.807, 2.05) is 0 Å². The molecule has 8 aromatic rings. The Morgan fingerprint density at radius 3 is 1.89 bits per heavy atom. The van der Waals surface area contributed by atoms with Crippen LogP contribution in [-0.4, -0.2) is 0 Å². The van der Waals surface area contributed by atoms with Crippen LogP contribution in [0, 0.1) is 5.92 Å². The molecule has 0 N–H and O–H groups in total. The van der Waals surface area contributed by atoms with Crippen LogP contribution in [0.4, 0.5) is 39.8 Å². The first-order valence-corrected chi connectivity index (χ1v) is 23.3. The molecule has 0 amide bonds. The molecule has 2 heterocycles. The van der Waals surface area contributed by atoms with Gasteiger partial charge in [0, 0.05) is 40.8 Å². The maximum Gasteiger partial charge on any atom is 0.0703 e. The summed E-state index contributed by atoms with van der Waals surface area (Å²) in [5.74, 6) is 0.765. The third-order valence-corrected chi connectivity index (χ3v) is 14.9. The molecule has 0 bridgehead atoms. The fraction of sp³-hybridized carbons (Fsp3) is 0.129. The molecule has 0 saturated carbocycles. The second-order valence-corrected chi connectivity index (χ2v) is 18.9. The van der Waals surface area contributed by atoms with E-state index in [0.717, 1.165) is 53.4 Å². The zero-order valence-corrected chi connectivity index (χ0v) is 36.8. The number of anilines is 7. The van der Waals surface area contributed by atoms with E-state index < -0.39 is 0 Å². The van der Waals surface area contributed by atoms with Gasteiger partial charge in [0.1, 0.15) is 0 Å². The third kappa shape index (κ3) is 6.02. The van der Waals surface area contributed by atoms with Crippen molar-refractivity contribution in [2.75, 3.05) is 14.7 Å². The van der Waals surface area contributed by atoms with E-state index in [4.69, 9.17) is 0 Å². The Balaban J connectivity index is 0.786. The standard InChI is InChI=1S/C62H49N3/c1-62(2)54-37-42(27-33-52(54)53-35-31-49(40-55(53)62)64-56-18-8-6-14-45(56)38-46-15-7-9-19-57(46)64)25-24-41-26-32-50-43(36-41)28-29-44-39-48(30-34-51(44)50)65-60-22-12-10-20-58(60)63(47-16-4-3-5-17-47)59-21-11-13-23-61(59)65/h3-8,10-18,20-37,39-40,53,55H,9,19,38H2,1-2H3/b25-24+. The molecule has 0 aromatic heterocycles. The van der Waals surface area contributed by atoms with E-state index in [2.05, 4.69) is 241 Å². The lowest BCUT2D eigenvalue weighted by atomic mass is 9.73. The highest BCUT2D eigenvalue weighted by Gasteiger charge is 2.46. The highest BCUT2D eigenvalue weighted by Crippen LogP contribution is 2.56.